The van der Waals surface area contributed by atoms with Crippen molar-refractivity contribution in [3.8, 4) is 0 Å². The summed E-state index contributed by atoms with van der Waals surface area (Å²) in [5.74, 6) is -0.304. The summed E-state index contributed by atoms with van der Waals surface area (Å²) in [5, 5.41) is 15.8. The number of hydrogen-bond acceptors (Lipinski definition) is 4. The lowest BCUT2D eigenvalue weighted by molar-refractivity contribution is 0.0906. The van der Waals surface area contributed by atoms with Crippen LogP contribution in [0.4, 0.5) is 5.69 Å². The Labute approximate surface area is 94.4 Å². The van der Waals surface area contributed by atoms with Crippen LogP contribution in [-0.2, 0) is 7.05 Å². The third-order valence-electron chi connectivity index (χ3n) is 2.53. The summed E-state index contributed by atoms with van der Waals surface area (Å²) in [6, 6.07) is -0.248. The molecule has 0 fully saturated rings. The van der Waals surface area contributed by atoms with Crippen LogP contribution in [-0.4, -0.2) is 33.4 Å². The fraction of sp³-hybridized carbons (Fsp3) is 0.600. The second-order valence-electron chi connectivity index (χ2n) is 3.73. The first-order chi connectivity index (χ1) is 7.51. The minimum atomic E-state index is -0.304. The Hall–Kier alpha value is -1.56. The highest BCUT2D eigenvalue weighted by molar-refractivity contribution is 5.98. The molecule has 1 aromatic heterocycles. The maximum Gasteiger partial charge on any atom is 0.271 e. The van der Waals surface area contributed by atoms with Gasteiger partial charge in [0.25, 0.3) is 5.91 Å². The minimum absolute atomic E-state index is 0.0843. The van der Waals surface area contributed by atoms with E-state index in [4.69, 9.17) is 10.8 Å². The van der Waals surface area contributed by atoms with Crippen LogP contribution in [0.2, 0.25) is 0 Å². The number of anilines is 1. The van der Waals surface area contributed by atoms with E-state index in [1.54, 1.807) is 14.0 Å². The van der Waals surface area contributed by atoms with Crippen LogP contribution < -0.4 is 11.1 Å². The number of nitrogens with two attached hydrogens (primary N) is 1. The summed E-state index contributed by atoms with van der Waals surface area (Å²) in [6.45, 7) is 3.55. The zero-order chi connectivity index (χ0) is 12.3. The van der Waals surface area contributed by atoms with E-state index in [1.807, 2.05) is 6.92 Å². The molecular weight excluding hydrogens is 208 g/mol. The third kappa shape index (κ3) is 2.33. The molecule has 1 atom stereocenters. The van der Waals surface area contributed by atoms with E-state index in [0.29, 0.717) is 23.5 Å². The van der Waals surface area contributed by atoms with E-state index in [2.05, 4.69) is 10.4 Å². The monoisotopic (exact) mass is 226 g/mol. The first-order valence-corrected chi connectivity index (χ1v) is 5.22. The van der Waals surface area contributed by atoms with Crippen molar-refractivity contribution < 1.29 is 9.90 Å². The van der Waals surface area contributed by atoms with Crippen molar-refractivity contribution >= 4 is 11.6 Å². The molecule has 1 aromatic rings. The maximum atomic E-state index is 11.9. The number of nitrogen functional groups attached to an aromatic ring is 1. The Balaban J connectivity index is 2.88. The van der Waals surface area contributed by atoms with Crippen molar-refractivity contribution in [2.75, 3.05) is 12.3 Å². The van der Waals surface area contributed by atoms with E-state index >= 15 is 0 Å². The lowest BCUT2D eigenvalue weighted by atomic mass is 10.2. The number of hydrogen-bond donors (Lipinski definition) is 3. The Morgan fingerprint density at radius 2 is 2.31 bits per heavy atom. The average molecular weight is 226 g/mol. The molecule has 6 nitrogen and oxygen atoms in total. The molecule has 6 heteroatoms. The highest BCUT2D eigenvalue weighted by atomic mass is 16.3. The Morgan fingerprint density at radius 3 is 2.69 bits per heavy atom. The van der Waals surface area contributed by atoms with E-state index in [0.717, 1.165) is 0 Å². The van der Waals surface area contributed by atoms with E-state index < -0.39 is 0 Å². The maximum absolute atomic E-state index is 11.9. The minimum Gasteiger partial charge on any atom is -0.395 e. The molecule has 1 amide bonds. The first-order valence-electron chi connectivity index (χ1n) is 5.22. The molecule has 0 aliphatic carbocycles. The van der Waals surface area contributed by atoms with Gasteiger partial charge < -0.3 is 16.2 Å². The van der Waals surface area contributed by atoms with Crippen LogP contribution in [0.5, 0.6) is 0 Å². The number of aryl methyl sites for hydroxylation is 2. The van der Waals surface area contributed by atoms with Crippen LogP contribution in [0.15, 0.2) is 0 Å². The fourth-order valence-electron chi connectivity index (χ4n) is 1.47. The fourth-order valence-corrected chi connectivity index (χ4v) is 1.47. The van der Waals surface area contributed by atoms with Gasteiger partial charge in [-0.25, -0.2) is 0 Å². The molecule has 0 aliphatic heterocycles. The molecule has 90 valence electrons. The lowest BCUT2D eigenvalue weighted by Crippen LogP contribution is -2.38. The van der Waals surface area contributed by atoms with Gasteiger partial charge in [-0.05, 0) is 13.3 Å². The Kier molecular flexibility index (Phi) is 3.89. The number of nitrogens with zero attached hydrogens (tertiary/aromatic N) is 2. The predicted molar refractivity (Wildman–Crippen MR) is 61.0 cm³/mol. The van der Waals surface area contributed by atoms with Gasteiger partial charge in [0, 0.05) is 7.05 Å². The lowest BCUT2D eigenvalue weighted by Gasteiger charge is -2.14. The Bertz CT molecular complexity index is 382. The molecular formula is C10H18N4O2. The smallest absolute Gasteiger partial charge is 0.271 e. The van der Waals surface area contributed by atoms with Crippen molar-refractivity contribution in [3.63, 3.8) is 0 Å². The molecule has 0 spiro atoms. The van der Waals surface area contributed by atoms with E-state index in [9.17, 15) is 4.79 Å². The standard InChI is InChI=1S/C10H18N4O2/c1-4-7(5-15)12-10(16)9-8(11)6(2)13-14(9)3/h7,15H,4-5,11H2,1-3H3,(H,12,16)/t7-/m1/s1. The predicted octanol–water partition coefficient (Wildman–Crippen LogP) is -0.189. The molecule has 0 bridgehead atoms. The van der Waals surface area contributed by atoms with Crippen molar-refractivity contribution in [1.82, 2.24) is 15.1 Å². The second kappa shape index (κ2) is 4.98. The third-order valence-corrected chi connectivity index (χ3v) is 2.53. The van der Waals surface area contributed by atoms with Crippen molar-refractivity contribution in [2.24, 2.45) is 7.05 Å². The highest BCUT2D eigenvalue weighted by Crippen LogP contribution is 2.15. The quantitative estimate of drug-likeness (QED) is 0.663. The van der Waals surface area contributed by atoms with Crippen molar-refractivity contribution in [1.29, 1.82) is 0 Å². The zero-order valence-electron chi connectivity index (χ0n) is 9.82. The van der Waals surface area contributed by atoms with Crippen LogP contribution in [0.25, 0.3) is 0 Å². The number of nitrogens with one attached hydrogen (secondary N) is 1. The molecule has 0 radical (unpaired) electrons. The van der Waals surface area contributed by atoms with Crippen LogP contribution in [0.1, 0.15) is 29.5 Å². The average Bonchev–Trinajstić information content (AvgIpc) is 2.49. The summed E-state index contributed by atoms with van der Waals surface area (Å²) in [4.78, 5) is 11.9. The molecule has 0 aliphatic rings. The number of amides is 1. The SMILES string of the molecule is CC[C@H](CO)NC(=O)c1c(N)c(C)nn1C. The Morgan fingerprint density at radius 1 is 1.69 bits per heavy atom. The van der Waals surface area contributed by atoms with Crippen molar-refractivity contribution in [2.45, 2.75) is 26.3 Å². The number of rotatable bonds is 4. The van der Waals surface area contributed by atoms with E-state index in [-0.39, 0.29) is 18.6 Å². The van der Waals surface area contributed by atoms with Crippen molar-refractivity contribution in [3.05, 3.63) is 11.4 Å². The highest BCUT2D eigenvalue weighted by Gasteiger charge is 2.19. The van der Waals surface area contributed by atoms with Gasteiger partial charge in [0.05, 0.1) is 24.0 Å². The van der Waals surface area contributed by atoms with Gasteiger partial charge in [0.2, 0.25) is 0 Å². The summed E-state index contributed by atoms with van der Waals surface area (Å²) in [5.41, 5.74) is 7.11. The molecule has 1 heterocycles. The van der Waals surface area contributed by atoms with Gasteiger partial charge in [-0.2, -0.15) is 5.10 Å². The zero-order valence-corrected chi connectivity index (χ0v) is 9.82. The number of aliphatic hydroxyl groups is 1. The van der Waals surface area contributed by atoms with Gasteiger partial charge in [0.1, 0.15) is 5.69 Å². The molecule has 0 saturated carbocycles. The molecule has 0 aromatic carbocycles. The molecule has 4 N–H and O–H groups in total. The van der Waals surface area contributed by atoms with Gasteiger partial charge in [-0.1, -0.05) is 6.92 Å². The first kappa shape index (κ1) is 12.5. The normalized spacial score (nSPS) is 12.5. The molecule has 0 unspecified atom stereocenters. The van der Waals surface area contributed by atoms with Crippen LogP contribution in [0, 0.1) is 6.92 Å². The topological polar surface area (TPSA) is 93.2 Å². The summed E-state index contributed by atoms with van der Waals surface area (Å²) in [7, 11) is 1.66. The summed E-state index contributed by atoms with van der Waals surface area (Å²) in [6.07, 6.45) is 0.666. The molecule has 16 heavy (non-hydrogen) atoms. The second-order valence-corrected chi connectivity index (χ2v) is 3.73. The van der Waals surface area contributed by atoms with Crippen LogP contribution in [0.3, 0.4) is 0 Å². The van der Waals surface area contributed by atoms with Crippen LogP contribution >= 0.6 is 0 Å². The van der Waals surface area contributed by atoms with E-state index in [1.165, 1.54) is 4.68 Å². The largest absolute Gasteiger partial charge is 0.395 e. The van der Waals surface area contributed by atoms with Gasteiger partial charge in [0.15, 0.2) is 0 Å². The number of carbonyl (C=O) groups excluding carboxylic acids is 1. The van der Waals surface area contributed by atoms with Gasteiger partial charge in [-0.3, -0.25) is 9.48 Å². The van der Waals surface area contributed by atoms with Gasteiger partial charge >= 0.3 is 0 Å². The summed E-state index contributed by atoms with van der Waals surface area (Å²) >= 11 is 0. The number of carbonyl (C=O) groups is 1. The number of aliphatic hydroxyl groups excluding tert-OH is 1. The number of aromatic nitrogens is 2. The molecule has 1 rings (SSSR count). The molecule has 0 saturated heterocycles. The summed E-state index contributed by atoms with van der Waals surface area (Å²) < 4.78 is 1.45. The van der Waals surface area contributed by atoms with Gasteiger partial charge in [-0.15, -0.1) is 0 Å².